The van der Waals surface area contributed by atoms with Crippen molar-refractivity contribution in [2.45, 2.75) is 77.3 Å². The van der Waals surface area contributed by atoms with E-state index in [-0.39, 0.29) is 12.4 Å². The van der Waals surface area contributed by atoms with Gasteiger partial charge in [0, 0.05) is 12.6 Å². The van der Waals surface area contributed by atoms with Crippen LogP contribution in [0.2, 0.25) is 0 Å². The van der Waals surface area contributed by atoms with Crippen LogP contribution in [0.4, 0.5) is 0 Å². The molecule has 1 aliphatic carbocycles. The second-order valence-electron chi connectivity index (χ2n) is 6.44. The summed E-state index contributed by atoms with van der Waals surface area (Å²) in [5, 5.41) is 4.42. The van der Waals surface area contributed by atoms with Crippen molar-refractivity contribution in [3.05, 3.63) is 12.4 Å². The van der Waals surface area contributed by atoms with E-state index in [2.05, 4.69) is 12.0 Å². The number of hydrogen-bond donors (Lipinski definition) is 1. The Hall–Kier alpha value is -0.740. The maximum Gasteiger partial charge on any atom is 0.157 e. The van der Waals surface area contributed by atoms with Crippen LogP contribution in [0, 0.1) is 5.92 Å². The molecule has 1 aromatic heterocycles. The molecule has 4 nitrogen and oxygen atoms in total. The lowest BCUT2D eigenvalue weighted by Crippen LogP contribution is -2.28. The number of aromatic nitrogens is 2. The maximum absolute atomic E-state index is 5.95. The third kappa shape index (κ3) is 7.01. The van der Waals surface area contributed by atoms with Gasteiger partial charge in [-0.2, -0.15) is 5.10 Å². The number of ether oxygens (including phenoxy) is 1. The molecule has 0 bridgehead atoms. The molecule has 0 unspecified atom stereocenters. The van der Waals surface area contributed by atoms with Gasteiger partial charge in [0.25, 0.3) is 0 Å². The predicted molar refractivity (Wildman–Crippen MR) is 93.7 cm³/mol. The van der Waals surface area contributed by atoms with Gasteiger partial charge in [0.2, 0.25) is 0 Å². The van der Waals surface area contributed by atoms with Gasteiger partial charge < -0.3 is 10.5 Å². The first-order valence-corrected chi connectivity index (χ1v) is 8.68. The summed E-state index contributed by atoms with van der Waals surface area (Å²) in [4.78, 5) is 0. The Labute approximate surface area is 141 Å². The Morgan fingerprint density at radius 2 is 1.91 bits per heavy atom. The Kier molecular flexibility index (Phi) is 9.56. The van der Waals surface area contributed by atoms with Crippen LogP contribution in [0.25, 0.3) is 0 Å². The van der Waals surface area contributed by atoms with Gasteiger partial charge in [-0.25, -0.2) is 0 Å². The highest BCUT2D eigenvalue weighted by atomic mass is 35.5. The fraction of sp³-hybridized carbons (Fsp3) is 0.824. The molecule has 128 valence electrons. The predicted octanol–water partition coefficient (Wildman–Crippen LogP) is 4.17. The van der Waals surface area contributed by atoms with E-state index in [1.165, 1.54) is 38.5 Å². The topological polar surface area (TPSA) is 53.1 Å². The molecule has 0 aromatic carbocycles. The molecule has 0 spiro atoms. The normalized spacial score (nSPS) is 21.4. The van der Waals surface area contributed by atoms with E-state index in [9.17, 15) is 0 Å². The van der Waals surface area contributed by atoms with Crippen LogP contribution in [0.5, 0.6) is 5.75 Å². The number of hydrogen-bond acceptors (Lipinski definition) is 3. The molecule has 1 aliphatic rings. The van der Waals surface area contributed by atoms with E-state index in [1.807, 2.05) is 17.1 Å². The quantitative estimate of drug-likeness (QED) is 0.692. The van der Waals surface area contributed by atoms with E-state index in [1.54, 1.807) is 0 Å². The smallest absolute Gasteiger partial charge is 0.157 e. The van der Waals surface area contributed by atoms with E-state index in [4.69, 9.17) is 10.5 Å². The molecular weight excluding hydrogens is 298 g/mol. The van der Waals surface area contributed by atoms with Gasteiger partial charge in [0.1, 0.15) is 0 Å². The van der Waals surface area contributed by atoms with Crippen LogP contribution in [0.15, 0.2) is 12.4 Å². The van der Waals surface area contributed by atoms with Gasteiger partial charge >= 0.3 is 0 Å². The Bertz CT molecular complexity index is 389. The zero-order chi connectivity index (χ0) is 14.9. The molecule has 0 radical (unpaired) electrons. The standard InChI is InChI=1S/C17H31N3O.ClH/c1-2-3-4-5-6-11-21-17-12-19-20(14-17)13-15-7-9-16(18)10-8-15;/h12,14-16H,2-11,13,18H2,1H3;1H. The van der Waals surface area contributed by atoms with Crippen LogP contribution in [-0.4, -0.2) is 22.4 Å². The van der Waals surface area contributed by atoms with Crippen molar-refractivity contribution >= 4 is 12.4 Å². The molecule has 22 heavy (non-hydrogen) atoms. The monoisotopic (exact) mass is 329 g/mol. The van der Waals surface area contributed by atoms with Crippen molar-refractivity contribution in [3.8, 4) is 5.75 Å². The summed E-state index contributed by atoms with van der Waals surface area (Å²) in [6.07, 6.45) is 15.0. The van der Waals surface area contributed by atoms with Crippen LogP contribution in [0.1, 0.15) is 64.7 Å². The summed E-state index contributed by atoms with van der Waals surface area (Å²) in [7, 11) is 0. The van der Waals surface area contributed by atoms with Crippen molar-refractivity contribution < 1.29 is 4.74 Å². The van der Waals surface area contributed by atoms with Crippen molar-refractivity contribution in [1.82, 2.24) is 9.78 Å². The second kappa shape index (κ2) is 10.9. The summed E-state index contributed by atoms with van der Waals surface area (Å²) in [6, 6.07) is 0.422. The average molecular weight is 330 g/mol. The minimum absolute atomic E-state index is 0. The number of nitrogens with zero attached hydrogens (tertiary/aromatic N) is 2. The highest BCUT2D eigenvalue weighted by molar-refractivity contribution is 5.85. The van der Waals surface area contributed by atoms with E-state index >= 15 is 0 Å². The molecule has 5 heteroatoms. The fourth-order valence-corrected chi connectivity index (χ4v) is 3.05. The van der Waals surface area contributed by atoms with Gasteiger partial charge in [-0.15, -0.1) is 12.4 Å². The third-order valence-corrected chi connectivity index (χ3v) is 4.46. The highest BCUT2D eigenvalue weighted by Gasteiger charge is 2.19. The van der Waals surface area contributed by atoms with Crippen LogP contribution >= 0.6 is 12.4 Å². The third-order valence-electron chi connectivity index (χ3n) is 4.46. The molecule has 2 N–H and O–H groups in total. The Morgan fingerprint density at radius 3 is 2.64 bits per heavy atom. The van der Waals surface area contributed by atoms with Crippen molar-refractivity contribution in [2.75, 3.05) is 6.61 Å². The molecule has 1 fully saturated rings. The van der Waals surface area contributed by atoms with Gasteiger partial charge in [0.05, 0.1) is 19.0 Å². The van der Waals surface area contributed by atoms with E-state index in [0.717, 1.165) is 44.1 Å². The van der Waals surface area contributed by atoms with Gasteiger partial charge in [-0.3, -0.25) is 4.68 Å². The van der Waals surface area contributed by atoms with E-state index < -0.39 is 0 Å². The van der Waals surface area contributed by atoms with Crippen LogP contribution in [-0.2, 0) is 6.54 Å². The van der Waals surface area contributed by atoms with Crippen LogP contribution in [0.3, 0.4) is 0 Å². The lowest BCUT2D eigenvalue weighted by atomic mass is 9.86. The number of halogens is 1. The fourth-order valence-electron chi connectivity index (χ4n) is 3.05. The van der Waals surface area contributed by atoms with Gasteiger partial charge in [0.15, 0.2) is 5.75 Å². The summed E-state index contributed by atoms with van der Waals surface area (Å²) in [5.74, 6) is 1.64. The first-order valence-electron chi connectivity index (χ1n) is 8.68. The largest absolute Gasteiger partial charge is 0.490 e. The van der Waals surface area contributed by atoms with Crippen molar-refractivity contribution in [1.29, 1.82) is 0 Å². The maximum atomic E-state index is 5.95. The molecule has 0 amide bonds. The molecule has 0 saturated heterocycles. The Balaban J connectivity index is 0.00000242. The minimum Gasteiger partial charge on any atom is -0.490 e. The molecule has 2 rings (SSSR count). The SMILES string of the molecule is CCCCCCCOc1cnn(CC2CCC(N)CC2)c1.Cl. The molecule has 1 saturated carbocycles. The molecular formula is C17H32ClN3O. The Morgan fingerprint density at radius 1 is 1.18 bits per heavy atom. The van der Waals surface area contributed by atoms with Crippen LogP contribution < -0.4 is 10.5 Å². The summed E-state index contributed by atoms with van der Waals surface area (Å²) in [6.45, 7) is 4.06. The van der Waals surface area contributed by atoms with Crippen molar-refractivity contribution in [2.24, 2.45) is 11.7 Å². The van der Waals surface area contributed by atoms with E-state index in [0.29, 0.717) is 6.04 Å². The number of rotatable bonds is 9. The molecule has 1 heterocycles. The number of unbranched alkanes of at least 4 members (excludes halogenated alkanes) is 4. The lowest BCUT2D eigenvalue weighted by molar-refractivity contribution is 0.283. The van der Waals surface area contributed by atoms with Gasteiger partial charge in [-0.1, -0.05) is 32.6 Å². The minimum atomic E-state index is 0. The molecule has 0 aliphatic heterocycles. The average Bonchev–Trinajstić information content (AvgIpc) is 2.93. The van der Waals surface area contributed by atoms with Crippen molar-refractivity contribution in [3.63, 3.8) is 0 Å². The molecule has 0 atom stereocenters. The summed E-state index contributed by atoms with van der Waals surface area (Å²) >= 11 is 0. The zero-order valence-electron chi connectivity index (χ0n) is 13.9. The summed E-state index contributed by atoms with van der Waals surface area (Å²) < 4.78 is 7.81. The highest BCUT2D eigenvalue weighted by Crippen LogP contribution is 2.25. The number of nitrogens with two attached hydrogens (primary N) is 1. The second-order valence-corrected chi connectivity index (χ2v) is 6.44. The summed E-state index contributed by atoms with van der Waals surface area (Å²) in [5.41, 5.74) is 5.95. The van der Waals surface area contributed by atoms with Gasteiger partial charge in [-0.05, 0) is 38.0 Å². The first kappa shape index (κ1) is 19.3. The lowest BCUT2D eigenvalue weighted by Gasteiger charge is -2.25. The zero-order valence-corrected chi connectivity index (χ0v) is 14.7. The molecule has 1 aromatic rings. The first-order chi connectivity index (χ1) is 10.3.